The fourth-order valence-electron chi connectivity index (χ4n) is 8.07. The summed E-state index contributed by atoms with van der Waals surface area (Å²) in [5.41, 5.74) is 8.29. The van der Waals surface area contributed by atoms with Crippen molar-refractivity contribution in [2.45, 2.75) is 109 Å². The average molecular weight is 635 g/mol. The Morgan fingerprint density at radius 2 is 1.62 bits per heavy atom. The number of hydrogen-bond acceptors (Lipinski definition) is 4. The minimum Gasteiger partial charge on any atom is -0.351 e. The largest absolute Gasteiger partial charge is 0.351 e. The Kier molecular flexibility index (Phi) is 10.0. The lowest BCUT2D eigenvalue weighted by Crippen LogP contribution is -2.60. The van der Waals surface area contributed by atoms with Crippen LogP contribution in [0.1, 0.15) is 95.8 Å². The van der Waals surface area contributed by atoms with Crippen molar-refractivity contribution in [3.8, 4) is 0 Å². The maximum absolute atomic E-state index is 14.3. The molecule has 1 heterocycles. The molecule has 45 heavy (non-hydrogen) atoms. The summed E-state index contributed by atoms with van der Waals surface area (Å²) < 4.78 is 0. The molecule has 0 bridgehead atoms. The Balaban J connectivity index is 1.35. The van der Waals surface area contributed by atoms with E-state index in [0.717, 1.165) is 43.2 Å². The van der Waals surface area contributed by atoms with Gasteiger partial charge in [-0.15, -0.1) is 0 Å². The first-order valence-corrected chi connectivity index (χ1v) is 17.2. The van der Waals surface area contributed by atoms with E-state index in [1.807, 2.05) is 75.1 Å². The van der Waals surface area contributed by atoms with Crippen LogP contribution in [0.5, 0.6) is 0 Å². The summed E-state index contributed by atoms with van der Waals surface area (Å²) in [4.78, 5) is 44.0. The molecule has 1 saturated heterocycles. The molecule has 3 amide bonds. The summed E-state index contributed by atoms with van der Waals surface area (Å²) in [7, 11) is 0. The van der Waals surface area contributed by atoms with Gasteiger partial charge in [0.1, 0.15) is 6.04 Å². The van der Waals surface area contributed by atoms with Gasteiger partial charge in [-0.2, -0.15) is 0 Å². The van der Waals surface area contributed by atoms with Crippen LogP contribution in [0.4, 0.5) is 0 Å². The van der Waals surface area contributed by atoms with Crippen LogP contribution < -0.4 is 16.4 Å². The zero-order valence-corrected chi connectivity index (χ0v) is 28.2. The van der Waals surface area contributed by atoms with Crippen LogP contribution in [0.25, 0.3) is 0 Å². The number of nitrogens with one attached hydrogen (secondary N) is 2. The highest BCUT2D eigenvalue weighted by Crippen LogP contribution is 2.46. The predicted molar refractivity (Wildman–Crippen MR) is 180 cm³/mol. The first-order chi connectivity index (χ1) is 21.3. The molecule has 0 aromatic heterocycles. The van der Waals surface area contributed by atoms with Gasteiger partial charge in [0.2, 0.25) is 17.7 Å². The van der Waals surface area contributed by atoms with E-state index in [1.54, 1.807) is 0 Å². The SMILES string of the molecule is CC(C)(C)NC(=O)C1(C2CCCCC2)CCN(C(=O)[C@@H](Cc2ccc(Cl)cc2)NC(=O)C2CCc3ccccc3C2(C)N)CC1. The number of amides is 3. The molecule has 244 valence electrons. The smallest absolute Gasteiger partial charge is 0.245 e. The molecule has 2 unspecified atom stereocenters. The van der Waals surface area contributed by atoms with Crippen LogP contribution in [0.2, 0.25) is 5.02 Å². The number of carbonyl (C=O) groups is 3. The molecular formula is C37H51ClN4O3. The van der Waals surface area contributed by atoms with E-state index in [0.29, 0.717) is 49.7 Å². The predicted octanol–water partition coefficient (Wildman–Crippen LogP) is 5.91. The van der Waals surface area contributed by atoms with Crippen molar-refractivity contribution in [2.75, 3.05) is 13.1 Å². The van der Waals surface area contributed by atoms with E-state index in [2.05, 4.69) is 16.7 Å². The molecule has 3 aliphatic rings. The van der Waals surface area contributed by atoms with E-state index >= 15 is 0 Å². The Hall–Kier alpha value is -2.90. The molecule has 0 radical (unpaired) electrons. The number of piperidine rings is 1. The summed E-state index contributed by atoms with van der Waals surface area (Å²) in [5.74, 6) is -0.317. The minimum absolute atomic E-state index is 0.110. The van der Waals surface area contributed by atoms with Crippen LogP contribution in [-0.2, 0) is 32.8 Å². The first-order valence-electron chi connectivity index (χ1n) is 16.8. The van der Waals surface area contributed by atoms with E-state index in [9.17, 15) is 14.4 Å². The van der Waals surface area contributed by atoms with Crippen LogP contribution in [0.3, 0.4) is 0 Å². The fraction of sp³-hybridized carbons (Fsp3) is 0.595. The van der Waals surface area contributed by atoms with Gasteiger partial charge in [0.25, 0.3) is 0 Å². The third-order valence-electron chi connectivity index (χ3n) is 10.6. The average Bonchev–Trinajstić information content (AvgIpc) is 3.01. The second-order valence-corrected chi connectivity index (χ2v) is 15.4. The van der Waals surface area contributed by atoms with Gasteiger partial charge in [-0.3, -0.25) is 14.4 Å². The third kappa shape index (κ3) is 7.41. The minimum atomic E-state index is -0.849. The van der Waals surface area contributed by atoms with Crippen molar-refractivity contribution in [2.24, 2.45) is 23.0 Å². The molecule has 4 N–H and O–H groups in total. The maximum atomic E-state index is 14.3. The van der Waals surface area contributed by atoms with Crippen molar-refractivity contribution in [3.05, 3.63) is 70.2 Å². The number of halogens is 1. The number of nitrogens with two attached hydrogens (primary N) is 1. The van der Waals surface area contributed by atoms with Gasteiger partial charge < -0.3 is 21.3 Å². The number of carbonyl (C=O) groups excluding carboxylic acids is 3. The lowest BCUT2D eigenvalue weighted by Gasteiger charge is -2.48. The van der Waals surface area contributed by atoms with Gasteiger partial charge in [0.05, 0.1) is 16.9 Å². The third-order valence-corrected chi connectivity index (χ3v) is 10.9. The van der Waals surface area contributed by atoms with Gasteiger partial charge in [-0.25, -0.2) is 0 Å². The molecule has 0 spiro atoms. The number of rotatable bonds is 7. The van der Waals surface area contributed by atoms with E-state index < -0.39 is 22.9 Å². The highest BCUT2D eigenvalue weighted by atomic mass is 35.5. The lowest BCUT2D eigenvalue weighted by molar-refractivity contribution is -0.147. The van der Waals surface area contributed by atoms with Crippen molar-refractivity contribution >= 4 is 29.3 Å². The number of benzene rings is 2. The molecular weight excluding hydrogens is 584 g/mol. The van der Waals surface area contributed by atoms with Crippen molar-refractivity contribution in [1.29, 1.82) is 0 Å². The zero-order chi connectivity index (χ0) is 32.4. The summed E-state index contributed by atoms with van der Waals surface area (Å²) in [5, 5.41) is 7.05. The second kappa shape index (κ2) is 13.4. The Morgan fingerprint density at radius 1 is 0.978 bits per heavy atom. The summed E-state index contributed by atoms with van der Waals surface area (Å²) in [6.07, 6.45) is 8.64. The first kappa shape index (κ1) is 33.5. The lowest BCUT2D eigenvalue weighted by atomic mass is 9.63. The Bertz CT molecular complexity index is 1370. The van der Waals surface area contributed by atoms with Gasteiger partial charge in [-0.1, -0.05) is 67.3 Å². The molecule has 2 aliphatic carbocycles. The number of fused-ring (bicyclic) bond motifs is 1. The molecule has 1 aliphatic heterocycles. The fourth-order valence-corrected chi connectivity index (χ4v) is 8.20. The van der Waals surface area contributed by atoms with Gasteiger partial charge in [0.15, 0.2) is 0 Å². The molecule has 1 saturated carbocycles. The normalized spacial score (nSPS) is 24.3. The summed E-state index contributed by atoms with van der Waals surface area (Å²) >= 11 is 6.16. The molecule has 2 aromatic rings. The second-order valence-electron chi connectivity index (χ2n) is 14.9. The van der Waals surface area contributed by atoms with E-state index in [-0.39, 0.29) is 23.3 Å². The Labute approximate surface area is 274 Å². The van der Waals surface area contributed by atoms with Gasteiger partial charge in [-0.05, 0) is 101 Å². The molecule has 3 atom stereocenters. The Morgan fingerprint density at radius 3 is 2.27 bits per heavy atom. The van der Waals surface area contributed by atoms with E-state index in [4.69, 9.17) is 17.3 Å². The van der Waals surface area contributed by atoms with E-state index in [1.165, 1.54) is 12.0 Å². The van der Waals surface area contributed by atoms with Crippen LogP contribution in [-0.4, -0.2) is 47.3 Å². The highest BCUT2D eigenvalue weighted by molar-refractivity contribution is 6.30. The molecule has 7 nitrogen and oxygen atoms in total. The van der Waals surface area contributed by atoms with Gasteiger partial charge >= 0.3 is 0 Å². The van der Waals surface area contributed by atoms with Crippen molar-refractivity contribution < 1.29 is 14.4 Å². The standard InChI is InChI=1S/C37H51ClN4O3/c1-35(2,3)41-34(45)37(27-11-6-5-7-12-27)20-22-42(23-21-37)33(44)31(24-25-14-17-28(38)18-15-25)40-32(43)30-19-16-26-10-8-9-13-29(26)36(30,4)39/h8-10,13-15,17-18,27,30-31H,5-7,11-12,16,19-24,39H2,1-4H3,(H,40,43)(H,41,45)/t30?,31-,36?/m1/s1. The number of hydrogen-bond donors (Lipinski definition) is 3. The van der Waals surface area contributed by atoms with Crippen LogP contribution in [0, 0.1) is 17.3 Å². The van der Waals surface area contributed by atoms with Crippen molar-refractivity contribution in [1.82, 2.24) is 15.5 Å². The molecule has 2 aromatic carbocycles. The quantitative estimate of drug-likeness (QED) is 0.352. The summed E-state index contributed by atoms with van der Waals surface area (Å²) in [6, 6.07) is 14.7. The van der Waals surface area contributed by atoms with Crippen molar-refractivity contribution in [3.63, 3.8) is 0 Å². The molecule has 8 heteroatoms. The number of likely N-dealkylation sites (tertiary alicyclic amines) is 1. The topological polar surface area (TPSA) is 105 Å². The monoisotopic (exact) mass is 634 g/mol. The molecule has 5 rings (SSSR count). The number of nitrogens with zero attached hydrogens (tertiary/aromatic N) is 1. The zero-order valence-electron chi connectivity index (χ0n) is 27.5. The molecule has 2 fully saturated rings. The maximum Gasteiger partial charge on any atom is 0.245 e. The van der Waals surface area contributed by atoms with Gasteiger partial charge in [0, 0.05) is 30.1 Å². The van der Waals surface area contributed by atoms with Crippen LogP contribution >= 0.6 is 11.6 Å². The van der Waals surface area contributed by atoms with Crippen LogP contribution in [0.15, 0.2) is 48.5 Å². The summed E-state index contributed by atoms with van der Waals surface area (Å²) in [6.45, 7) is 8.98. The number of aryl methyl sites for hydroxylation is 1. The highest BCUT2D eigenvalue weighted by Gasteiger charge is 2.49.